The van der Waals surface area contributed by atoms with Crippen LogP contribution in [0.4, 0.5) is 18.9 Å². The first kappa shape index (κ1) is 14.6. The molecule has 1 aliphatic heterocycles. The molecule has 0 aliphatic carbocycles. The van der Waals surface area contributed by atoms with Gasteiger partial charge < -0.3 is 15.4 Å². The number of halogens is 3. The SMILES string of the molecule is O=C(Nc1ccc(OC(F)F)c(F)c1)[C@@H]1CCCCN1. The fourth-order valence-corrected chi connectivity index (χ4v) is 2.08. The van der Waals surface area contributed by atoms with Crippen LogP contribution in [-0.4, -0.2) is 25.1 Å². The summed E-state index contributed by atoms with van der Waals surface area (Å²) in [6, 6.07) is 3.04. The molecule has 1 atom stereocenters. The molecule has 1 aromatic rings. The molecule has 1 amide bonds. The van der Waals surface area contributed by atoms with Gasteiger partial charge in [0, 0.05) is 11.8 Å². The summed E-state index contributed by atoms with van der Waals surface area (Å²) in [4.78, 5) is 11.9. The second-order valence-corrected chi connectivity index (χ2v) is 4.52. The van der Waals surface area contributed by atoms with Crippen molar-refractivity contribution < 1.29 is 22.7 Å². The highest BCUT2D eigenvalue weighted by Crippen LogP contribution is 2.23. The van der Waals surface area contributed by atoms with Crippen molar-refractivity contribution in [3.8, 4) is 5.75 Å². The fraction of sp³-hybridized carbons (Fsp3) is 0.462. The van der Waals surface area contributed by atoms with E-state index in [2.05, 4.69) is 15.4 Å². The van der Waals surface area contributed by atoms with Crippen molar-refractivity contribution in [1.82, 2.24) is 5.32 Å². The monoisotopic (exact) mass is 288 g/mol. The Labute approximate surface area is 114 Å². The predicted octanol–water partition coefficient (Wildman–Crippen LogP) is 2.51. The molecule has 2 N–H and O–H groups in total. The maximum Gasteiger partial charge on any atom is 0.387 e. The lowest BCUT2D eigenvalue weighted by molar-refractivity contribution is -0.118. The smallest absolute Gasteiger partial charge is 0.387 e. The molecule has 110 valence electrons. The van der Waals surface area contributed by atoms with Gasteiger partial charge in [-0.25, -0.2) is 4.39 Å². The van der Waals surface area contributed by atoms with Crippen LogP contribution in [0, 0.1) is 5.82 Å². The number of hydrogen-bond donors (Lipinski definition) is 2. The number of piperidine rings is 1. The Morgan fingerprint density at radius 2 is 2.20 bits per heavy atom. The number of nitrogens with one attached hydrogen (secondary N) is 2. The number of hydrogen-bond acceptors (Lipinski definition) is 3. The van der Waals surface area contributed by atoms with Crippen molar-refractivity contribution in [3.63, 3.8) is 0 Å². The molecule has 1 saturated heterocycles. The van der Waals surface area contributed by atoms with Crippen LogP contribution in [0.2, 0.25) is 0 Å². The summed E-state index contributed by atoms with van der Waals surface area (Å²) in [7, 11) is 0. The Morgan fingerprint density at radius 1 is 1.40 bits per heavy atom. The van der Waals surface area contributed by atoms with Crippen molar-refractivity contribution in [2.45, 2.75) is 31.9 Å². The zero-order chi connectivity index (χ0) is 14.5. The summed E-state index contributed by atoms with van der Waals surface area (Å²) < 4.78 is 41.4. The van der Waals surface area contributed by atoms with Crippen molar-refractivity contribution >= 4 is 11.6 Å². The molecule has 0 radical (unpaired) electrons. The average molecular weight is 288 g/mol. The first-order chi connectivity index (χ1) is 9.56. The number of ether oxygens (including phenoxy) is 1. The van der Waals surface area contributed by atoms with E-state index in [0.717, 1.165) is 37.9 Å². The first-order valence-corrected chi connectivity index (χ1v) is 6.35. The van der Waals surface area contributed by atoms with E-state index in [4.69, 9.17) is 0 Å². The molecule has 0 aromatic heterocycles. The third-order valence-corrected chi connectivity index (χ3v) is 3.04. The predicted molar refractivity (Wildman–Crippen MR) is 67.3 cm³/mol. The van der Waals surface area contributed by atoms with Gasteiger partial charge >= 0.3 is 6.61 Å². The van der Waals surface area contributed by atoms with Crippen LogP contribution in [-0.2, 0) is 4.79 Å². The molecule has 1 fully saturated rings. The van der Waals surface area contributed by atoms with Gasteiger partial charge in [-0.15, -0.1) is 0 Å². The molecule has 1 aromatic carbocycles. The minimum atomic E-state index is -3.09. The van der Waals surface area contributed by atoms with Gasteiger partial charge in [-0.3, -0.25) is 4.79 Å². The lowest BCUT2D eigenvalue weighted by Gasteiger charge is -2.22. The van der Waals surface area contributed by atoms with E-state index in [1.807, 2.05) is 0 Å². The standard InChI is InChI=1S/C13H15F3N2O2/c14-9-7-8(4-5-11(9)20-13(15)16)18-12(19)10-3-1-2-6-17-10/h4-5,7,10,13,17H,1-3,6H2,(H,18,19)/t10-/m0/s1. The third-order valence-electron chi connectivity index (χ3n) is 3.04. The Morgan fingerprint density at radius 3 is 2.80 bits per heavy atom. The molecule has 1 aliphatic rings. The van der Waals surface area contributed by atoms with E-state index in [-0.39, 0.29) is 17.6 Å². The van der Waals surface area contributed by atoms with Crippen molar-refractivity contribution in [1.29, 1.82) is 0 Å². The molecule has 0 saturated carbocycles. The largest absolute Gasteiger partial charge is 0.432 e. The minimum absolute atomic E-state index is 0.210. The van der Waals surface area contributed by atoms with Crippen LogP contribution in [0.1, 0.15) is 19.3 Å². The van der Waals surface area contributed by atoms with E-state index in [1.165, 1.54) is 6.07 Å². The highest BCUT2D eigenvalue weighted by Gasteiger charge is 2.20. The maximum atomic E-state index is 13.5. The fourth-order valence-electron chi connectivity index (χ4n) is 2.08. The van der Waals surface area contributed by atoms with Crippen molar-refractivity contribution in [2.24, 2.45) is 0 Å². The van der Waals surface area contributed by atoms with E-state index >= 15 is 0 Å². The summed E-state index contributed by atoms with van der Waals surface area (Å²) in [5.41, 5.74) is 0.210. The highest BCUT2D eigenvalue weighted by molar-refractivity contribution is 5.94. The number of anilines is 1. The number of rotatable bonds is 4. The summed E-state index contributed by atoms with van der Waals surface area (Å²) in [6.45, 7) is -2.32. The molecule has 0 spiro atoms. The molecule has 20 heavy (non-hydrogen) atoms. The van der Waals surface area contributed by atoms with Gasteiger partial charge in [0.05, 0.1) is 6.04 Å². The van der Waals surface area contributed by atoms with Gasteiger partial charge in [0.2, 0.25) is 5.91 Å². The molecular formula is C13H15F3N2O2. The van der Waals surface area contributed by atoms with Crippen LogP contribution in [0.15, 0.2) is 18.2 Å². The second kappa shape index (κ2) is 6.60. The Hall–Kier alpha value is -1.76. The zero-order valence-electron chi connectivity index (χ0n) is 10.7. The Bertz CT molecular complexity index is 477. The van der Waals surface area contributed by atoms with E-state index < -0.39 is 18.2 Å². The minimum Gasteiger partial charge on any atom is -0.432 e. The van der Waals surface area contributed by atoms with Crippen LogP contribution in [0.25, 0.3) is 0 Å². The number of carbonyl (C=O) groups excluding carboxylic acids is 1. The van der Waals surface area contributed by atoms with Crippen LogP contribution in [0.3, 0.4) is 0 Å². The van der Waals surface area contributed by atoms with E-state index in [9.17, 15) is 18.0 Å². The van der Waals surface area contributed by atoms with Crippen molar-refractivity contribution in [3.05, 3.63) is 24.0 Å². The lowest BCUT2D eigenvalue weighted by atomic mass is 10.0. The van der Waals surface area contributed by atoms with E-state index in [0.29, 0.717) is 0 Å². The maximum absolute atomic E-state index is 13.5. The average Bonchev–Trinajstić information content (AvgIpc) is 2.42. The van der Waals surface area contributed by atoms with Gasteiger partial charge in [0.25, 0.3) is 0 Å². The van der Waals surface area contributed by atoms with Gasteiger partial charge in [0.15, 0.2) is 11.6 Å². The van der Waals surface area contributed by atoms with Crippen LogP contribution < -0.4 is 15.4 Å². The van der Waals surface area contributed by atoms with Gasteiger partial charge in [-0.1, -0.05) is 6.42 Å². The van der Waals surface area contributed by atoms with Crippen LogP contribution >= 0.6 is 0 Å². The van der Waals surface area contributed by atoms with Crippen molar-refractivity contribution in [2.75, 3.05) is 11.9 Å². The number of carbonyl (C=O) groups is 1. The molecule has 1 heterocycles. The first-order valence-electron chi connectivity index (χ1n) is 6.35. The summed E-state index contributed by atoms with van der Waals surface area (Å²) in [5.74, 6) is -1.75. The molecule has 0 bridgehead atoms. The lowest BCUT2D eigenvalue weighted by Crippen LogP contribution is -2.43. The number of amides is 1. The van der Waals surface area contributed by atoms with Gasteiger partial charge in [-0.2, -0.15) is 8.78 Å². The molecule has 4 nitrogen and oxygen atoms in total. The quantitative estimate of drug-likeness (QED) is 0.895. The summed E-state index contributed by atoms with van der Waals surface area (Å²) in [5, 5.41) is 5.61. The summed E-state index contributed by atoms with van der Waals surface area (Å²) >= 11 is 0. The normalized spacial score (nSPS) is 18.9. The number of benzene rings is 1. The Kier molecular flexibility index (Phi) is 4.84. The Balaban J connectivity index is 1.99. The van der Waals surface area contributed by atoms with Crippen LogP contribution in [0.5, 0.6) is 5.75 Å². The highest BCUT2D eigenvalue weighted by atomic mass is 19.3. The second-order valence-electron chi connectivity index (χ2n) is 4.52. The molecule has 0 unspecified atom stereocenters. The number of alkyl halides is 2. The third kappa shape index (κ3) is 3.86. The topological polar surface area (TPSA) is 50.4 Å². The summed E-state index contributed by atoms with van der Waals surface area (Å²) in [6.07, 6.45) is 2.71. The zero-order valence-corrected chi connectivity index (χ0v) is 10.7. The van der Waals surface area contributed by atoms with Gasteiger partial charge in [-0.05, 0) is 31.5 Å². The molecular weight excluding hydrogens is 273 g/mol. The van der Waals surface area contributed by atoms with Gasteiger partial charge in [0.1, 0.15) is 0 Å². The molecule has 7 heteroatoms. The molecule has 2 rings (SSSR count). The van der Waals surface area contributed by atoms with E-state index in [1.54, 1.807) is 0 Å².